The van der Waals surface area contributed by atoms with Crippen LogP contribution in [0.1, 0.15) is 41.7 Å². The number of sulfonamides is 1. The van der Waals surface area contributed by atoms with Crippen LogP contribution in [-0.4, -0.2) is 43.8 Å². The lowest BCUT2D eigenvalue weighted by molar-refractivity contribution is -0.140. The van der Waals surface area contributed by atoms with Crippen molar-refractivity contribution in [1.29, 1.82) is 0 Å². The number of anilines is 1. The summed E-state index contributed by atoms with van der Waals surface area (Å²) in [5, 5.41) is 3.46. The van der Waals surface area contributed by atoms with E-state index in [1.54, 1.807) is 54.6 Å². The number of carbonyl (C=O) groups excluding carboxylic acids is 2. The third kappa shape index (κ3) is 8.74. The molecule has 45 heavy (non-hydrogen) atoms. The van der Waals surface area contributed by atoms with Crippen LogP contribution in [-0.2, 0) is 32.6 Å². The molecule has 1 atom stereocenters. The fourth-order valence-corrected chi connectivity index (χ4v) is 6.63. The van der Waals surface area contributed by atoms with Gasteiger partial charge in [0.05, 0.1) is 10.6 Å². The van der Waals surface area contributed by atoms with Gasteiger partial charge in [-0.15, -0.1) is 0 Å². The molecule has 0 heterocycles. The summed E-state index contributed by atoms with van der Waals surface area (Å²) in [5.74, 6) is -0.855. The van der Waals surface area contributed by atoms with Gasteiger partial charge in [0.1, 0.15) is 12.6 Å². The van der Waals surface area contributed by atoms with Crippen molar-refractivity contribution in [1.82, 2.24) is 10.2 Å². The Morgan fingerprint density at radius 3 is 2.09 bits per heavy atom. The lowest BCUT2D eigenvalue weighted by Crippen LogP contribution is -2.54. The molecule has 0 radical (unpaired) electrons. The lowest BCUT2D eigenvalue weighted by atomic mass is 10.0. The van der Waals surface area contributed by atoms with E-state index >= 15 is 0 Å². The Hall–Kier alpha value is -4.14. The first-order valence-electron chi connectivity index (χ1n) is 14.9. The van der Waals surface area contributed by atoms with Gasteiger partial charge < -0.3 is 10.2 Å². The van der Waals surface area contributed by atoms with Crippen molar-refractivity contribution in [3.05, 3.63) is 130 Å². The molecule has 0 bridgehead atoms. The molecule has 2 amide bonds. The Morgan fingerprint density at radius 2 is 1.47 bits per heavy atom. The summed E-state index contributed by atoms with van der Waals surface area (Å²) < 4.78 is 29.5. The minimum Gasteiger partial charge on any atom is -0.352 e. The smallest absolute Gasteiger partial charge is 0.264 e. The Labute approximate surface area is 271 Å². The molecule has 9 heteroatoms. The highest BCUT2D eigenvalue weighted by atomic mass is 35.5. The van der Waals surface area contributed by atoms with Crippen molar-refractivity contribution in [3.63, 3.8) is 0 Å². The summed E-state index contributed by atoms with van der Waals surface area (Å²) in [5.41, 5.74) is 4.73. The molecule has 4 aromatic carbocycles. The van der Waals surface area contributed by atoms with E-state index in [1.807, 2.05) is 77.1 Å². The van der Waals surface area contributed by atoms with Gasteiger partial charge in [-0.05, 0) is 93.3 Å². The second-order valence-corrected chi connectivity index (χ2v) is 13.9. The van der Waals surface area contributed by atoms with Gasteiger partial charge >= 0.3 is 0 Å². The number of aryl methyl sites for hydroxylation is 3. The SMILES string of the molecule is Cc1ccc(S(=O)(=O)N(CC(=O)N(Cc2cccc(Cl)c2)[C@H](Cc2ccccc2)C(=O)NC(C)C)c2ccc(C)c(C)c2)cc1. The van der Waals surface area contributed by atoms with Crippen LogP contribution in [0.3, 0.4) is 0 Å². The molecule has 0 aliphatic heterocycles. The average Bonchev–Trinajstić information content (AvgIpc) is 2.99. The molecule has 4 rings (SSSR count). The molecule has 236 valence electrons. The van der Waals surface area contributed by atoms with Crippen molar-refractivity contribution in [2.75, 3.05) is 10.8 Å². The van der Waals surface area contributed by atoms with Crippen molar-refractivity contribution < 1.29 is 18.0 Å². The molecule has 0 spiro atoms. The van der Waals surface area contributed by atoms with Gasteiger partial charge in [0.15, 0.2) is 0 Å². The maximum atomic E-state index is 14.5. The second kappa shape index (κ2) is 14.8. The first-order valence-corrected chi connectivity index (χ1v) is 16.7. The molecule has 0 saturated heterocycles. The first kappa shape index (κ1) is 33.7. The quantitative estimate of drug-likeness (QED) is 0.188. The summed E-state index contributed by atoms with van der Waals surface area (Å²) in [6.07, 6.45) is 0.236. The number of nitrogens with zero attached hydrogens (tertiary/aromatic N) is 2. The second-order valence-electron chi connectivity index (χ2n) is 11.6. The van der Waals surface area contributed by atoms with Gasteiger partial charge in [-0.3, -0.25) is 13.9 Å². The summed E-state index contributed by atoms with van der Waals surface area (Å²) in [6, 6.07) is 27.3. The summed E-state index contributed by atoms with van der Waals surface area (Å²) in [4.78, 5) is 29.9. The first-order chi connectivity index (χ1) is 21.3. The molecule has 0 aromatic heterocycles. The highest BCUT2D eigenvalue weighted by Gasteiger charge is 2.35. The number of rotatable bonds is 12. The predicted molar refractivity (Wildman–Crippen MR) is 181 cm³/mol. The molecule has 0 saturated carbocycles. The van der Waals surface area contributed by atoms with Gasteiger partial charge in [0, 0.05) is 24.0 Å². The van der Waals surface area contributed by atoms with Crippen LogP contribution < -0.4 is 9.62 Å². The lowest BCUT2D eigenvalue weighted by Gasteiger charge is -2.34. The minimum absolute atomic E-state index is 0.0494. The Morgan fingerprint density at radius 1 is 0.800 bits per heavy atom. The molecule has 0 aliphatic rings. The zero-order valence-corrected chi connectivity index (χ0v) is 27.9. The van der Waals surface area contributed by atoms with Crippen LogP contribution in [0, 0.1) is 20.8 Å². The fraction of sp³-hybridized carbons (Fsp3) is 0.278. The average molecular weight is 646 g/mol. The molecule has 1 N–H and O–H groups in total. The highest BCUT2D eigenvalue weighted by Crippen LogP contribution is 2.27. The Kier molecular flexibility index (Phi) is 11.1. The normalized spacial score (nSPS) is 12.1. The van der Waals surface area contributed by atoms with Gasteiger partial charge in [0.2, 0.25) is 11.8 Å². The van der Waals surface area contributed by atoms with Crippen LogP contribution >= 0.6 is 11.6 Å². The monoisotopic (exact) mass is 645 g/mol. The molecule has 0 unspecified atom stereocenters. The summed E-state index contributed by atoms with van der Waals surface area (Å²) in [6.45, 7) is 8.97. The molecule has 4 aromatic rings. The Balaban J connectivity index is 1.82. The third-order valence-corrected chi connectivity index (χ3v) is 9.63. The van der Waals surface area contributed by atoms with E-state index in [9.17, 15) is 18.0 Å². The predicted octanol–water partition coefficient (Wildman–Crippen LogP) is 6.63. The van der Waals surface area contributed by atoms with E-state index < -0.39 is 28.5 Å². The largest absolute Gasteiger partial charge is 0.352 e. The summed E-state index contributed by atoms with van der Waals surface area (Å²) in [7, 11) is -4.17. The van der Waals surface area contributed by atoms with Crippen LogP contribution in [0.25, 0.3) is 0 Å². The van der Waals surface area contributed by atoms with Gasteiger partial charge in [-0.2, -0.15) is 0 Å². The molecular weight excluding hydrogens is 606 g/mol. The van der Waals surface area contributed by atoms with Crippen LogP contribution in [0.2, 0.25) is 5.02 Å². The van der Waals surface area contributed by atoms with E-state index in [-0.39, 0.29) is 29.8 Å². The van der Waals surface area contributed by atoms with Gasteiger partial charge in [0.25, 0.3) is 10.0 Å². The third-order valence-electron chi connectivity index (χ3n) is 7.61. The fourth-order valence-electron chi connectivity index (χ4n) is 5.01. The van der Waals surface area contributed by atoms with Gasteiger partial charge in [-0.25, -0.2) is 8.42 Å². The molecule has 7 nitrogen and oxygen atoms in total. The molecule has 0 aliphatic carbocycles. The maximum absolute atomic E-state index is 14.5. The number of nitrogens with one attached hydrogen (secondary N) is 1. The Bertz CT molecular complexity index is 1740. The minimum atomic E-state index is -4.17. The number of hydrogen-bond acceptors (Lipinski definition) is 4. The molecule has 0 fully saturated rings. The van der Waals surface area contributed by atoms with Crippen molar-refractivity contribution in [2.24, 2.45) is 0 Å². The van der Waals surface area contributed by atoms with E-state index in [2.05, 4.69) is 5.32 Å². The number of amides is 2. The van der Waals surface area contributed by atoms with E-state index in [1.165, 1.54) is 4.90 Å². The standard InChI is InChI=1S/C36H40ClN3O4S/c1-25(2)38-36(42)34(22-29-10-7-6-8-11-29)39(23-30-12-9-13-31(37)21-30)35(41)24-40(32-17-16-27(4)28(5)20-32)45(43,44)33-18-14-26(3)15-19-33/h6-21,25,34H,22-24H2,1-5H3,(H,38,42)/t34-/m1/s1. The van der Waals surface area contributed by atoms with Crippen molar-refractivity contribution >= 4 is 39.1 Å². The molecular formula is C36H40ClN3O4S. The number of benzene rings is 4. The van der Waals surface area contributed by atoms with Gasteiger partial charge in [-0.1, -0.05) is 77.8 Å². The summed E-state index contributed by atoms with van der Waals surface area (Å²) >= 11 is 6.31. The van der Waals surface area contributed by atoms with Crippen LogP contribution in [0.15, 0.2) is 102 Å². The van der Waals surface area contributed by atoms with Crippen molar-refractivity contribution in [3.8, 4) is 0 Å². The van der Waals surface area contributed by atoms with E-state index in [0.717, 1.165) is 26.6 Å². The van der Waals surface area contributed by atoms with Crippen LogP contribution in [0.5, 0.6) is 0 Å². The maximum Gasteiger partial charge on any atom is 0.264 e. The number of carbonyl (C=O) groups is 2. The van der Waals surface area contributed by atoms with E-state index in [0.29, 0.717) is 16.3 Å². The zero-order chi connectivity index (χ0) is 32.7. The topological polar surface area (TPSA) is 86.8 Å². The van der Waals surface area contributed by atoms with Crippen LogP contribution in [0.4, 0.5) is 5.69 Å². The zero-order valence-electron chi connectivity index (χ0n) is 26.3. The number of hydrogen-bond donors (Lipinski definition) is 1. The van der Waals surface area contributed by atoms with Crippen molar-refractivity contribution in [2.45, 2.75) is 64.6 Å². The highest BCUT2D eigenvalue weighted by molar-refractivity contribution is 7.92. The number of halogens is 1. The van der Waals surface area contributed by atoms with E-state index in [4.69, 9.17) is 11.6 Å².